The molecule has 1 saturated heterocycles. The lowest BCUT2D eigenvalue weighted by Crippen LogP contribution is -2.47. The van der Waals surface area contributed by atoms with E-state index in [1.807, 2.05) is 54.6 Å². The Morgan fingerprint density at radius 1 is 1.04 bits per heavy atom. The van der Waals surface area contributed by atoms with E-state index >= 15 is 0 Å². The number of rotatable bonds is 8. The number of carboxylic acid groups (broad SMARTS) is 1. The van der Waals surface area contributed by atoms with Gasteiger partial charge >= 0.3 is 5.97 Å². The molecule has 0 unspecified atom stereocenters. The molecule has 1 aliphatic heterocycles. The van der Waals surface area contributed by atoms with E-state index in [1.54, 1.807) is 0 Å². The average molecular weight is 383 g/mol. The molecule has 1 aliphatic rings. The monoisotopic (exact) mass is 383 g/mol. The van der Waals surface area contributed by atoms with Crippen LogP contribution in [0.3, 0.4) is 0 Å². The van der Waals surface area contributed by atoms with Crippen molar-refractivity contribution < 1.29 is 24.2 Å². The van der Waals surface area contributed by atoms with Crippen molar-refractivity contribution in [3.05, 3.63) is 65.7 Å². The molecule has 0 spiro atoms. The molecule has 0 bridgehead atoms. The van der Waals surface area contributed by atoms with Gasteiger partial charge in [0.15, 0.2) is 6.61 Å². The van der Waals surface area contributed by atoms with Crippen LogP contribution in [0.1, 0.15) is 24.0 Å². The molecule has 2 aromatic carbocycles. The van der Waals surface area contributed by atoms with Crippen LogP contribution in [0.4, 0.5) is 0 Å². The Balaban J connectivity index is 1.55. The summed E-state index contributed by atoms with van der Waals surface area (Å²) in [5, 5.41) is 12.3. The van der Waals surface area contributed by atoms with Gasteiger partial charge in [0.1, 0.15) is 5.75 Å². The van der Waals surface area contributed by atoms with Crippen molar-refractivity contribution in [2.75, 3.05) is 26.4 Å². The molecule has 3 rings (SSSR count). The highest BCUT2D eigenvalue weighted by molar-refractivity contribution is 5.80. The number of carbonyl (C=O) groups is 2. The van der Waals surface area contributed by atoms with Gasteiger partial charge in [-0.05, 0) is 30.0 Å². The highest BCUT2D eigenvalue weighted by Gasteiger charge is 2.40. The predicted octanol–water partition coefficient (Wildman–Crippen LogP) is 2.65. The van der Waals surface area contributed by atoms with E-state index in [0.29, 0.717) is 38.2 Å². The zero-order chi connectivity index (χ0) is 19.8. The molecule has 1 amide bonds. The Hall–Kier alpha value is -2.86. The summed E-state index contributed by atoms with van der Waals surface area (Å²) < 4.78 is 11.0. The molecule has 6 nitrogen and oxygen atoms in total. The SMILES string of the molecule is O=C(COc1ccccc1Cc1ccccc1)NCC1(C(=O)O)CCOCC1. The van der Waals surface area contributed by atoms with Gasteiger partial charge in [-0.2, -0.15) is 0 Å². The smallest absolute Gasteiger partial charge is 0.311 e. The molecule has 1 heterocycles. The Bertz CT molecular complexity index is 800. The fourth-order valence-electron chi connectivity index (χ4n) is 3.30. The summed E-state index contributed by atoms with van der Waals surface area (Å²) in [5.41, 5.74) is 1.19. The minimum Gasteiger partial charge on any atom is -0.483 e. The van der Waals surface area contributed by atoms with Crippen molar-refractivity contribution in [2.45, 2.75) is 19.3 Å². The van der Waals surface area contributed by atoms with Crippen LogP contribution in [0.25, 0.3) is 0 Å². The van der Waals surface area contributed by atoms with Gasteiger partial charge in [-0.1, -0.05) is 48.5 Å². The summed E-state index contributed by atoms with van der Waals surface area (Å²) in [4.78, 5) is 23.9. The van der Waals surface area contributed by atoms with Gasteiger partial charge in [-0.15, -0.1) is 0 Å². The Labute approximate surface area is 164 Å². The second kappa shape index (κ2) is 9.37. The summed E-state index contributed by atoms with van der Waals surface area (Å²) in [7, 11) is 0. The largest absolute Gasteiger partial charge is 0.483 e. The molecule has 0 aromatic heterocycles. The summed E-state index contributed by atoms with van der Waals surface area (Å²) in [6, 6.07) is 17.6. The minimum atomic E-state index is -0.959. The zero-order valence-electron chi connectivity index (χ0n) is 15.7. The van der Waals surface area contributed by atoms with Gasteiger partial charge in [0.25, 0.3) is 5.91 Å². The number of ether oxygens (including phenoxy) is 2. The second-order valence-corrected chi connectivity index (χ2v) is 7.03. The van der Waals surface area contributed by atoms with E-state index in [4.69, 9.17) is 9.47 Å². The number of para-hydroxylation sites is 1. The number of carboxylic acids is 1. The first-order valence-corrected chi connectivity index (χ1v) is 9.41. The number of benzene rings is 2. The van der Waals surface area contributed by atoms with E-state index in [-0.39, 0.29) is 19.1 Å². The van der Waals surface area contributed by atoms with Crippen molar-refractivity contribution in [2.24, 2.45) is 5.41 Å². The molecule has 0 saturated carbocycles. The van der Waals surface area contributed by atoms with Crippen LogP contribution in [-0.2, 0) is 20.7 Å². The number of amides is 1. The normalized spacial score (nSPS) is 15.6. The summed E-state index contributed by atoms with van der Waals surface area (Å²) in [6.07, 6.45) is 1.49. The van der Waals surface area contributed by atoms with Gasteiger partial charge < -0.3 is 19.9 Å². The van der Waals surface area contributed by atoms with Crippen molar-refractivity contribution in [1.29, 1.82) is 0 Å². The number of aliphatic carboxylic acids is 1. The Kier molecular flexibility index (Phi) is 6.66. The van der Waals surface area contributed by atoms with Crippen molar-refractivity contribution in [1.82, 2.24) is 5.32 Å². The molecule has 0 radical (unpaired) electrons. The lowest BCUT2D eigenvalue weighted by molar-refractivity contribution is -0.154. The van der Waals surface area contributed by atoms with Crippen molar-refractivity contribution in [3.8, 4) is 5.75 Å². The first-order chi connectivity index (χ1) is 13.6. The fourth-order valence-corrected chi connectivity index (χ4v) is 3.30. The number of hydrogen-bond donors (Lipinski definition) is 2. The maximum Gasteiger partial charge on any atom is 0.311 e. The standard InChI is InChI=1S/C22H25NO5/c24-20(23-16-22(21(25)26)10-12-27-13-11-22)15-28-19-9-5-4-8-18(19)14-17-6-2-1-3-7-17/h1-9H,10-16H2,(H,23,24)(H,25,26). The molecule has 2 aromatic rings. The second-order valence-electron chi connectivity index (χ2n) is 7.03. The first kappa shape index (κ1) is 19.9. The average Bonchev–Trinajstić information content (AvgIpc) is 2.73. The maximum atomic E-state index is 12.2. The van der Waals surface area contributed by atoms with Gasteiger partial charge in [-0.3, -0.25) is 9.59 Å². The highest BCUT2D eigenvalue weighted by atomic mass is 16.5. The van der Waals surface area contributed by atoms with Crippen LogP contribution in [0.5, 0.6) is 5.75 Å². The van der Waals surface area contributed by atoms with Gasteiger partial charge in [0, 0.05) is 26.2 Å². The highest BCUT2D eigenvalue weighted by Crippen LogP contribution is 2.30. The van der Waals surface area contributed by atoms with E-state index in [2.05, 4.69) is 5.32 Å². The van der Waals surface area contributed by atoms with Crippen LogP contribution in [0, 0.1) is 5.41 Å². The third-order valence-electron chi connectivity index (χ3n) is 5.10. The van der Waals surface area contributed by atoms with Gasteiger partial charge in [0.05, 0.1) is 5.41 Å². The van der Waals surface area contributed by atoms with Crippen LogP contribution >= 0.6 is 0 Å². The van der Waals surface area contributed by atoms with E-state index in [0.717, 1.165) is 11.1 Å². The summed E-state index contributed by atoms with van der Waals surface area (Å²) >= 11 is 0. The predicted molar refractivity (Wildman–Crippen MR) is 104 cm³/mol. The van der Waals surface area contributed by atoms with Crippen LogP contribution in [-0.4, -0.2) is 43.3 Å². The van der Waals surface area contributed by atoms with E-state index in [9.17, 15) is 14.7 Å². The third-order valence-corrected chi connectivity index (χ3v) is 5.10. The lowest BCUT2D eigenvalue weighted by atomic mass is 9.80. The summed E-state index contributed by atoms with van der Waals surface area (Å²) in [5.74, 6) is -0.577. The number of nitrogens with one attached hydrogen (secondary N) is 1. The molecular formula is C22H25NO5. The van der Waals surface area contributed by atoms with E-state index in [1.165, 1.54) is 0 Å². The van der Waals surface area contributed by atoms with Crippen LogP contribution < -0.4 is 10.1 Å². The molecule has 2 N–H and O–H groups in total. The van der Waals surface area contributed by atoms with Crippen LogP contribution in [0.15, 0.2) is 54.6 Å². The molecule has 0 atom stereocenters. The Morgan fingerprint density at radius 3 is 2.43 bits per heavy atom. The lowest BCUT2D eigenvalue weighted by Gasteiger charge is -2.33. The summed E-state index contributed by atoms with van der Waals surface area (Å²) in [6.45, 7) is 0.717. The first-order valence-electron chi connectivity index (χ1n) is 9.41. The molecule has 1 fully saturated rings. The number of hydrogen-bond acceptors (Lipinski definition) is 4. The number of carbonyl (C=O) groups excluding carboxylic acids is 1. The quantitative estimate of drug-likeness (QED) is 0.732. The molecule has 0 aliphatic carbocycles. The molecule has 6 heteroatoms. The molecule has 28 heavy (non-hydrogen) atoms. The van der Waals surface area contributed by atoms with Gasteiger partial charge in [0.2, 0.25) is 0 Å². The maximum absolute atomic E-state index is 12.2. The van der Waals surface area contributed by atoms with Crippen molar-refractivity contribution >= 4 is 11.9 Å². The van der Waals surface area contributed by atoms with Gasteiger partial charge in [-0.25, -0.2) is 0 Å². The third kappa shape index (κ3) is 5.10. The minimum absolute atomic E-state index is 0.0829. The van der Waals surface area contributed by atoms with Crippen LogP contribution in [0.2, 0.25) is 0 Å². The fraction of sp³-hybridized carbons (Fsp3) is 0.364. The van der Waals surface area contributed by atoms with E-state index < -0.39 is 11.4 Å². The topological polar surface area (TPSA) is 84.9 Å². The zero-order valence-corrected chi connectivity index (χ0v) is 15.7. The Morgan fingerprint density at radius 2 is 1.71 bits per heavy atom. The molecule has 148 valence electrons. The molecular weight excluding hydrogens is 358 g/mol. The van der Waals surface area contributed by atoms with Crippen molar-refractivity contribution in [3.63, 3.8) is 0 Å².